The lowest BCUT2D eigenvalue weighted by Gasteiger charge is -2.14. The molecule has 0 saturated heterocycles. The van der Waals surface area contributed by atoms with Gasteiger partial charge in [0.05, 0.1) is 11.2 Å². The van der Waals surface area contributed by atoms with Crippen LogP contribution in [0.1, 0.15) is 5.56 Å². The molecule has 3 aromatic rings. The number of nitrogens with zero attached hydrogens (tertiary/aromatic N) is 2. The highest BCUT2D eigenvalue weighted by Crippen LogP contribution is 2.39. The SMILES string of the molecule is CN1CCc2ccc3c4ccccc4n(C)c3c21. The Hall–Kier alpha value is -1.96. The number of anilines is 1. The Morgan fingerprint density at radius 3 is 2.67 bits per heavy atom. The summed E-state index contributed by atoms with van der Waals surface area (Å²) < 4.78 is 2.34. The van der Waals surface area contributed by atoms with Gasteiger partial charge in [-0.2, -0.15) is 0 Å². The van der Waals surface area contributed by atoms with E-state index in [1.54, 1.807) is 0 Å². The van der Waals surface area contributed by atoms with Gasteiger partial charge in [-0.25, -0.2) is 0 Å². The smallest absolute Gasteiger partial charge is 0.0729 e. The highest BCUT2D eigenvalue weighted by atomic mass is 15.1. The summed E-state index contributed by atoms with van der Waals surface area (Å²) in [5, 5.41) is 2.73. The third-order valence-corrected chi connectivity index (χ3v) is 4.22. The lowest BCUT2D eigenvalue weighted by atomic mass is 10.1. The van der Waals surface area contributed by atoms with Gasteiger partial charge in [0, 0.05) is 36.9 Å². The molecular weight excluding hydrogens is 220 g/mol. The van der Waals surface area contributed by atoms with Gasteiger partial charge in [0.25, 0.3) is 0 Å². The largest absolute Gasteiger partial charge is 0.372 e. The van der Waals surface area contributed by atoms with Gasteiger partial charge in [-0.3, -0.25) is 0 Å². The van der Waals surface area contributed by atoms with Crippen molar-refractivity contribution in [1.29, 1.82) is 0 Å². The summed E-state index contributed by atoms with van der Waals surface area (Å²) in [6, 6.07) is 13.3. The number of hydrogen-bond acceptors (Lipinski definition) is 1. The van der Waals surface area contributed by atoms with Crippen molar-refractivity contribution < 1.29 is 0 Å². The third kappa shape index (κ3) is 1.08. The first-order valence-electron chi connectivity index (χ1n) is 6.47. The first kappa shape index (κ1) is 10.0. The zero-order chi connectivity index (χ0) is 12.3. The molecule has 0 fully saturated rings. The Morgan fingerprint density at radius 2 is 1.78 bits per heavy atom. The Balaban J connectivity index is 2.27. The maximum absolute atomic E-state index is 2.39. The third-order valence-electron chi connectivity index (χ3n) is 4.22. The molecule has 0 atom stereocenters. The standard InChI is InChI=1S/C16H16N2/c1-17-10-9-11-7-8-13-12-5-3-4-6-14(12)18(2)16(13)15(11)17/h3-8H,9-10H2,1-2H3. The van der Waals surface area contributed by atoms with Crippen molar-refractivity contribution >= 4 is 27.5 Å². The van der Waals surface area contributed by atoms with E-state index in [1.165, 1.54) is 39.5 Å². The van der Waals surface area contributed by atoms with E-state index in [2.05, 4.69) is 60.0 Å². The van der Waals surface area contributed by atoms with Gasteiger partial charge in [-0.05, 0) is 18.1 Å². The van der Waals surface area contributed by atoms with Crippen LogP contribution in [0, 0.1) is 0 Å². The van der Waals surface area contributed by atoms with Crippen LogP contribution in [-0.4, -0.2) is 18.2 Å². The molecule has 1 aliphatic heterocycles. The van der Waals surface area contributed by atoms with Crippen LogP contribution in [0.2, 0.25) is 0 Å². The molecule has 2 nitrogen and oxygen atoms in total. The Kier molecular flexibility index (Phi) is 1.83. The van der Waals surface area contributed by atoms with E-state index in [0.29, 0.717) is 0 Å². The minimum absolute atomic E-state index is 1.13. The molecule has 0 N–H and O–H groups in total. The molecule has 0 aliphatic carbocycles. The Bertz CT molecular complexity index is 767. The van der Waals surface area contributed by atoms with Crippen molar-refractivity contribution in [3.8, 4) is 0 Å². The summed E-state index contributed by atoms with van der Waals surface area (Å²) in [7, 11) is 4.38. The van der Waals surface area contributed by atoms with E-state index < -0.39 is 0 Å². The second-order valence-corrected chi connectivity index (χ2v) is 5.22. The number of benzene rings is 2. The number of likely N-dealkylation sites (N-methyl/N-ethyl adjacent to an activating group) is 1. The van der Waals surface area contributed by atoms with Crippen LogP contribution in [0.3, 0.4) is 0 Å². The lowest BCUT2D eigenvalue weighted by Crippen LogP contribution is -2.13. The van der Waals surface area contributed by atoms with Crippen LogP contribution in [-0.2, 0) is 13.5 Å². The average molecular weight is 236 g/mol. The van der Waals surface area contributed by atoms with Crippen LogP contribution in [0.5, 0.6) is 0 Å². The molecule has 1 aliphatic rings. The fourth-order valence-electron chi connectivity index (χ4n) is 3.32. The quantitative estimate of drug-likeness (QED) is 0.581. The maximum atomic E-state index is 2.39. The Labute approximate surface area is 106 Å². The van der Waals surface area contributed by atoms with Gasteiger partial charge in [-0.15, -0.1) is 0 Å². The van der Waals surface area contributed by atoms with E-state index in [0.717, 1.165) is 6.54 Å². The zero-order valence-corrected chi connectivity index (χ0v) is 10.8. The molecule has 0 bridgehead atoms. The van der Waals surface area contributed by atoms with E-state index in [9.17, 15) is 0 Å². The zero-order valence-electron chi connectivity index (χ0n) is 10.8. The lowest BCUT2D eigenvalue weighted by molar-refractivity contribution is 0.950. The van der Waals surface area contributed by atoms with Crippen LogP contribution in [0.15, 0.2) is 36.4 Å². The summed E-state index contributed by atoms with van der Waals surface area (Å²) >= 11 is 0. The number of rotatable bonds is 0. The van der Waals surface area contributed by atoms with Crippen molar-refractivity contribution in [3.63, 3.8) is 0 Å². The number of aromatic nitrogens is 1. The molecule has 4 rings (SSSR count). The molecule has 2 heterocycles. The highest BCUT2D eigenvalue weighted by Gasteiger charge is 2.21. The summed E-state index contributed by atoms with van der Waals surface area (Å²) in [5.41, 5.74) is 5.61. The normalized spacial score (nSPS) is 14.7. The molecule has 1 aromatic heterocycles. The van der Waals surface area contributed by atoms with Gasteiger partial charge in [-0.1, -0.05) is 30.3 Å². The van der Waals surface area contributed by atoms with E-state index in [-0.39, 0.29) is 0 Å². The second kappa shape index (κ2) is 3.29. The van der Waals surface area contributed by atoms with Crippen LogP contribution in [0.4, 0.5) is 5.69 Å². The fourth-order valence-corrected chi connectivity index (χ4v) is 3.32. The number of fused-ring (bicyclic) bond motifs is 5. The van der Waals surface area contributed by atoms with Crippen LogP contribution in [0.25, 0.3) is 21.8 Å². The van der Waals surface area contributed by atoms with Crippen LogP contribution < -0.4 is 4.90 Å². The van der Waals surface area contributed by atoms with Gasteiger partial charge < -0.3 is 9.47 Å². The summed E-state index contributed by atoms with van der Waals surface area (Å²) in [4.78, 5) is 2.39. The highest BCUT2D eigenvalue weighted by molar-refractivity contribution is 6.12. The van der Waals surface area contributed by atoms with E-state index >= 15 is 0 Å². The molecule has 18 heavy (non-hydrogen) atoms. The van der Waals surface area contributed by atoms with Gasteiger partial charge in [0.1, 0.15) is 0 Å². The summed E-state index contributed by atoms with van der Waals surface area (Å²) in [6.07, 6.45) is 1.17. The van der Waals surface area contributed by atoms with Crippen molar-refractivity contribution in [2.75, 3.05) is 18.5 Å². The minimum Gasteiger partial charge on any atom is -0.372 e. The predicted molar refractivity (Wildman–Crippen MR) is 77.4 cm³/mol. The molecule has 0 radical (unpaired) electrons. The molecular formula is C16H16N2. The number of para-hydroxylation sites is 1. The number of hydrogen-bond donors (Lipinski definition) is 0. The fraction of sp³-hybridized carbons (Fsp3) is 0.250. The Morgan fingerprint density at radius 1 is 0.944 bits per heavy atom. The molecule has 2 aromatic carbocycles. The first-order valence-corrected chi connectivity index (χ1v) is 6.47. The van der Waals surface area contributed by atoms with E-state index in [4.69, 9.17) is 0 Å². The maximum Gasteiger partial charge on any atom is 0.0729 e. The molecule has 0 saturated carbocycles. The minimum atomic E-state index is 1.13. The molecule has 0 spiro atoms. The second-order valence-electron chi connectivity index (χ2n) is 5.22. The molecule has 2 heteroatoms. The summed E-state index contributed by atoms with van der Waals surface area (Å²) in [6.45, 7) is 1.13. The van der Waals surface area contributed by atoms with Crippen molar-refractivity contribution in [1.82, 2.24) is 4.57 Å². The van der Waals surface area contributed by atoms with Crippen molar-refractivity contribution in [2.24, 2.45) is 7.05 Å². The number of aryl methyl sites for hydroxylation is 1. The van der Waals surface area contributed by atoms with E-state index in [1.807, 2.05) is 0 Å². The summed E-state index contributed by atoms with van der Waals surface area (Å²) in [5.74, 6) is 0. The van der Waals surface area contributed by atoms with Gasteiger partial charge >= 0.3 is 0 Å². The van der Waals surface area contributed by atoms with Gasteiger partial charge in [0.2, 0.25) is 0 Å². The molecule has 0 amide bonds. The monoisotopic (exact) mass is 236 g/mol. The molecule has 90 valence electrons. The van der Waals surface area contributed by atoms with Crippen LogP contribution >= 0.6 is 0 Å². The van der Waals surface area contributed by atoms with Gasteiger partial charge in [0.15, 0.2) is 0 Å². The predicted octanol–water partition coefficient (Wildman–Crippen LogP) is 3.32. The molecule has 0 unspecified atom stereocenters. The average Bonchev–Trinajstić information content (AvgIpc) is 2.91. The topological polar surface area (TPSA) is 8.17 Å². The first-order chi connectivity index (χ1) is 8.77. The van der Waals surface area contributed by atoms with Crippen molar-refractivity contribution in [2.45, 2.75) is 6.42 Å². The van der Waals surface area contributed by atoms with Crippen molar-refractivity contribution in [3.05, 3.63) is 42.0 Å².